The number of piperidine rings is 1. The lowest BCUT2D eigenvalue weighted by Gasteiger charge is -2.31. The van der Waals surface area contributed by atoms with Gasteiger partial charge in [-0.1, -0.05) is 0 Å². The van der Waals surface area contributed by atoms with E-state index in [1.54, 1.807) is 0 Å². The summed E-state index contributed by atoms with van der Waals surface area (Å²) in [6, 6.07) is 4.16. The maximum absolute atomic E-state index is 12.8. The number of rotatable bonds is 5. The largest absolute Gasteiger partial charge is 0.376 e. The average molecular weight is 436 g/mol. The highest BCUT2D eigenvalue weighted by atomic mass is 32.2. The summed E-state index contributed by atoms with van der Waals surface area (Å²) >= 11 is 0. The van der Waals surface area contributed by atoms with Crippen LogP contribution in [0.15, 0.2) is 18.2 Å². The van der Waals surface area contributed by atoms with Gasteiger partial charge in [0.1, 0.15) is 0 Å². The molecule has 3 aliphatic heterocycles. The van der Waals surface area contributed by atoms with Crippen molar-refractivity contribution in [3.8, 4) is 0 Å². The zero-order valence-corrected chi connectivity index (χ0v) is 17.6. The van der Waals surface area contributed by atoms with E-state index in [9.17, 15) is 22.8 Å². The van der Waals surface area contributed by atoms with Gasteiger partial charge < -0.3 is 10.1 Å². The van der Waals surface area contributed by atoms with Gasteiger partial charge in [-0.15, -0.1) is 0 Å². The van der Waals surface area contributed by atoms with E-state index in [1.165, 1.54) is 27.4 Å². The first-order chi connectivity index (χ1) is 14.2. The molecule has 4 rings (SSSR count). The maximum atomic E-state index is 12.8. The van der Waals surface area contributed by atoms with E-state index in [1.807, 2.05) is 0 Å². The molecule has 0 bridgehead atoms. The summed E-state index contributed by atoms with van der Waals surface area (Å²) < 4.78 is 30.4. The molecule has 1 aromatic rings. The molecule has 1 N–H and O–H groups in total. The number of carbonyl (C=O) groups excluding carboxylic acids is 3. The Balaban J connectivity index is 1.46. The summed E-state index contributed by atoms with van der Waals surface area (Å²) in [7, 11) is -3.31. The van der Waals surface area contributed by atoms with Gasteiger partial charge in [-0.3, -0.25) is 19.3 Å². The van der Waals surface area contributed by atoms with Crippen molar-refractivity contribution in [3.63, 3.8) is 0 Å². The number of hydrogen-bond acceptors (Lipinski definition) is 6. The first kappa shape index (κ1) is 21.0. The van der Waals surface area contributed by atoms with E-state index in [0.29, 0.717) is 26.0 Å². The Morgan fingerprint density at radius 3 is 2.63 bits per heavy atom. The van der Waals surface area contributed by atoms with Crippen LogP contribution in [0.2, 0.25) is 0 Å². The van der Waals surface area contributed by atoms with Crippen LogP contribution < -0.4 is 5.32 Å². The Morgan fingerprint density at radius 1 is 1.17 bits per heavy atom. The van der Waals surface area contributed by atoms with Crippen LogP contribution in [0.25, 0.3) is 0 Å². The minimum absolute atomic E-state index is 0.140. The van der Waals surface area contributed by atoms with Crippen LogP contribution in [0.4, 0.5) is 0 Å². The van der Waals surface area contributed by atoms with Crippen LogP contribution in [-0.4, -0.2) is 80.0 Å². The van der Waals surface area contributed by atoms with Crippen LogP contribution in [-0.2, 0) is 14.8 Å². The second-order valence-electron chi connectivity index (χ2n) is 8.05. The van der Waals surface area contributed by atoms with E-state index in [0.717, 1.165) is 19.1 Å². The number of nitrogens with zero attached hydrogens (tertiary/aromatic N) is 2. The van der Waals surface area contributed by atoms with Crippen LogP contribution in [0.3, 0.4) is 0 Å². The van der Waals surface area contributed by atoms with E-state index < -0.39 is 21.8 Å². The minimum atomic E-state index is -3.31. The third kappa shape index (κ3) is 4.12. The molecule has 162 valence electrons. The second kappa shape index (κ2) is 8.09. The molecule has 0 spiro atoms. The minimum Gasteiger partial charge on any atom is -0.376 e. The van der Waals surface area contributed by atoms with E-state index in [4.69, 9.17) is 4.74 Å². The number of nitrogens with one attached hydrogen (secondary N) is 1. The van der Waals surface area contributed by atoms with Gasteiger partial charge in [0.05, 0.1) is 30.0 Å². The monoisotopic (exact) mass is 435 g/mol. The van der Waals surface area contributed by atoms with E-state index >= 15 is 0 Å². The molecule has 3 amide bonds. The molecule has 30 heavy (non-hydrogen) atoms. The fourth-order valence-electron chi connectivity index (χ4n) is 4.22. The predicted molar refractivity (Wildman–Crippen MR) is 108 cm³/mol. The molecule has 2 fully saturated rings. The molecule has 0 radical (unpaired) electrons. The molecule has 0 aliphatic carbocycles. The van der Waals surface area contributed by atoms with Crippen molar-refractivity contribution >= 4 is 27.7 Å². The van der Waals surface area contributed by atoms with Gasteiger partial charge in [-0.25, -0.2) is 12.7 Å². The number of fused-ring (bicyclic) bond motifs is 1. The summed E-state index contributed by atoms with van der Waals surface area (Å²) in [6.45, 7) is 1.52. The number of carbonyl (C=O) groups is 3. The molecular weight excluding hydrogens is 410 g/mol. The van der Waals surface area contributed by atoms with Gasteiger partial charge in [0.25, 0.3) is 17.7 Å². The molecule has 2 unspecified atom stereocenters. The lowest BCUT2D eigenvalue weighted by Crippen LogP contribution is -2.49. The molecule has 0 aromatic heterocycles. The summed E-state index contributed by atoms with van der Waals surface area (Å²) in [5, 5.41) is 2.85. The van der Waals surface area contributed by atoms with E-state index in [-0.39, 0.29) is 47.8 Å². The maximum Gasteiger partial charge on any atom is 0.261 e. The van der Waals surface area contributed by atoms with Crippen LogP contribution >= 0.6 is 0 Å². The number of benzene rings is 1. The summed E-state index contributed by atoms with van der Waals surface area (Å²) in [5.41, 5.74) is 0.771. The highest BCUT2D eigenvalue weighted by Gasteiger charge is 2.38. The van der Waals surface area contributed by atoms with Crippen LogP contribution in [0.5, 0.6) is 0 Å². The molecule has 3 aliphatic rings. The Labute approximate surface area is 175 Å². The molecule has 3 heterocycles. The van der Waals surface area contributed by atoms with Crippen molar-refractivity contribution in [1.82, 2.24) is 14.5 Å². The van der Waals surface area contributed by atoms with Gasteiger partial charge >= 0.3 is 0 Å². The van der Waals surface area contributed by atoms with Gasteiger partial charge in [0.2, 0.25) is 10.0 Å². The Hall–Kier alpha value is -2.30. The first-order valence-electron chi connectivity index (χ1n) is 10.1. The molecule has 2 atom stereocenters. The molecular formula is C20H25N3O6S. The summed E-state index contributed by atoms with van der Waals surface area (Å²) in [6.07, 6.45) is 4.08. The smallest absolute Gasteiger partial charge is 0.261 e. The number of ether oxygens (including phenoxy) is 1. The van der Waals surface area contributed by atoms with Gasteiger partial charge in [-0.05, 0) is 43.9 Å². The second-order valence-corrected chi connectivity index (χ2v) is 10.0. The van der Waals surface area contributed by atoms with Crippen molar-refractivity contribution in [2.24, 2.45) is 0 Å². The van der Waals surface area contributed by atoms with Gasteiger partial charge in [0, 0.05) is 31.3 Å². The molecule has 9 nitrogen and oxygen atoms in total. The molecule has 2 saturated heterocycles. The van der Waals surface area contributed by atoms with Crippen LogP contribution in [0.1, 0.15) is 56.8 Å². The number of imide groups is 1. The van der Waals surface area contributed by atoms with Crippen molar-refractivity contribution in [2.75, 3.05) is 32.5 Å². The summed E-state index contributed by atoms with van der Waals surface area (Å²) in [4.78, 5) is 39.3. The number of amides is 3. The molecule has 0 saturated carbocycles. The molecule has 1 aromatic carbocycles. The SMILES string of the molecule is CS(=O)(=O)N1CCCC(NC(=O)c2ccc3c(c2)C(=O)N(CC2CCCO2)C3=O)C1. The number of sulfonamides is 1. The normalized spacial score (nSPS) is 24.9. The van der Waals surface area contributed by atoms with Gasteiger partial charge in [0.15, 0.2) is 0 Å². The topological polar surface area (TPSA) is 113 Å². The predicted octanol–water partition coefficient (Wildman–Crippen LogP) is 0.615. The fraction of sp³-hybridized carbons (Fsp3) is 0.550. The standard InChI is InChI=1S/C20H25N3O6S/c1-30(27,28)22-8-2-4-14(11-22)21-18(24)13-6-7-16-17(10-13)20(26)23(19(16)25)12-15-5-3-9-29-15/h6-7,10,14-15H,2-5,8-9,11-12H2,1H3,(H,21,24). The Bertz CT molecular complexity index is 986. The Kier molecular flexibility index (Phi) is 5.65. The third-order valence-electron chi connectivity index (χ3n) is 5.83. The van der Waals surface area contributed by atoms with Crippen molar-refractivity contribution in [3.05, 3.63) is 34.9 Å². The van der Waals surface area contributed by atoms with Crippen molar-refractivity contribution in [2.45, 2.75) is 37.8 Å². The zero-order chi connectivity index (χ0) is 21.5. The first-order valence-corrected chi connectivity index (χ1v) is 12.0. The fourth-order valence-corrected chi connectivity index (χ4v) is 5.13. The van der Waals surface area contributed by atoms with Gasteiger partial charge in [-0.2, -0.15) is 0 Å². The lowest BCUT2D eigenvalue weighted by atomic mass is 10.0. The highest BCUT2D eigenvalue weighted by molar-refractivity contribution is 7.88. The van der Waals surface area contributed by atoms with Crippen molar-refractivity contribution < 1.29 is 27.5 Å². The Morgan fingerprint density at radius 2 is 1.93 bits per heavy atom. The third-order valence-corrected chi connectivity index (χ3v) is 7.10. The summed E-state index contributed by atoms with van der Waals surface area (Å²) in [5.74, 6) is -1.18. The van der Waals surface area contributed by atoms with Crippen LogP contribution in [0, 0.1) is 0 Å². The quantitative estimate of drug-likeness (QED) is 0.679. The van der Waals surface area contributed by atoms with E-state index in [2.05, 4.69) is 5.32 Å². The lowest BCUT2D eigenvalue weighted by molar-refractivity contribution is 0.0475. The highest BCUT2D eigenvalue weighted by Crippen LogP contribution is 2.26. The zero-order valence-electron chi connectivity index (χ0n) is 16.8. The molecule has 10 heteroatoms. The number of hydrogen-bond donors (Lipinski definition) is 1. The van der Waals surface area contributed by atoms with Crippen molar-refractivity contribution in [1.29, 1.82) is 0 Å². The average Bonchev–Trinajstić information content (AvgIpc) is 3.30.